The summed E-state index contributed by atoms with van der Waals surface area (Å²) in [7, 11) is 0. The first-order chi connectivity index (χ1) is 11.4. The molecule has 3 aromatic carbocycles. The van der Waals surface area contributed by atoms with Gasteiger partial charge in [-0.2, -0.15) is 0 Å². The number of pyridine rings is 1. The zero-order chi connectivity index (χ0) is 15.0. The fraction of sp³-hybridized carbons (Fsp3) is 0.0952. The first-order valence-electron chi connectivity index (χ1n) is 7.97. The third-order valence-corrected chi connectivity index (χ3v) is 5.06. The highest BCUT2D eigenvalue weighted by molar-refractivity contribution is 6.06. The van der Waals surface area contributed by atoms with Gasteiger partial charge in [0.1, 0.15) is 12.2 Å². The van der Waals surface area contributed by atoms with Crippen molar-refractivity contribution >= 4 is 21.7 Å². The van der Waals surface area contributed by atoms with Crippen molar-refractivity contribution in [2.45, 2.75) is 12.2 Å². The molecule has 1 aromatic heterocycles. The molecule has 0 N–H and O–H groups in total. The standard InChI is InChI=1S/C21H13NO/c1-2-6-14-12(5-1)9-10-13-11-17-15-7-3-4-8-16(15)20-21(23-20)19(17)22-18(13)14/h1-11,20-21H. The van der Waals surface area contributed by atoms with E-state index in [1.54, 1.807) is 0 Å². The molecule has 2 nitrogen and oxygen atoms in total. The molecule has 0 spiro atoms. The molecule has 2 heterocycles. The van der Waals surface area contributed by atoms with Gasteiger partial charge in [0.25, 0.3) is 0 Å². The van der Waals surface area contributed by atoms with E-state index in [0.717, 1.165) is 11.2 Å². The van der Waals surface area contributed by atoms with Crippen molar-refractivity contribution in [3.05, 3.63) is 78.0 Å². The molecule has 0 amide bonds. The van der Waals surface area contributed by atoms with Crippen LogP contribution in [0.3, 0.4) is 0 Å². The minimum atomic E-state index is 0.128. The van der Waals surface area contributed by atoms with Gasteiger partial charge in [0.15, 0.2) is 0 Å². The van der Waals surface area contributed by atoms with Crippen LogP contribution in [0.5, 0.6) is 0 Å². The molecule has 1 fully saturated rings. The number of fused-ring (bicyclic) bond motifs is 9. The molecular formula is C21H13NO. The summed E-state index contributed by atoms with van der Waals surface area (Å²) in [5, 5.41) is 3.64. The quantitative estimate of drug-likeness (QED) is 0.330. The van der Waals surface area contributed by atoms with Crippen LogP contribution in [0.2, 0.25) is 0 Å². The van der Waals surface area contributed by atoms with Crippen molar-refractivity contribution in [2.75, 3.05) is 0 Å². The Bertz CT molecular complexity index is 1120. The van der Waals surface area contributed by atoms with E-state index in [1.807, 2.05) is 0 Å². The summed E-state index contributed by atoms with van der Waals surface area (Å²) in [6, 6.07) is 23.6. The number of epoxide rings is 1. The van der Waals surface area contributed by atoms with Gasteiger partial charge in [-0.05, 0) is 22.6 Å². The number of hydrogen-bond donors (Lipinski definition) is 0. The van der Waals surface area contributed by atoms with Crippen LogP contribution in [-0.4, -0.2) is 4.98 Å². The minimum absolute atomic E-state index is 0.128. The number of rotatable bonds is 0. The van der Waals surface area contributed by atoms with E-state index in [0.29, 0.717) is 0 Å². The first-order valence-corrected chi connectivity index (χ1v) is 7.97. The van der Waals surface area contributed by atoms with E-state index < -0.39 is 0 Å². The van der Waals surface area contributed by atoms with Crippen LogP contribution in [0.25, 0.3) is 32.8 Å². The number of nitrogens with zero attached hydrogens (tertiary/aromatic N) is 1. The highest BCUT2D eigenvalue weighted by Crippen LogP contribution is 2.58. The maximum Gasteiger partial charge on any atom is 0.131 e. The predicted octanol–water partition coefficient (Wildman–Crippen LogP) is 5.18. The Balaban J connectivity index is 1.75. The van der Waals surface area contributed by atoms with E-state index >= 15 is 0 Å². The minimum Gasteiger partial charge on any atom is -0.358 e. The average Bonchev–Trinajstić information content (AvgIpc) is 3.42. The monoisotopic (exact) mass is 295 g/mol. The van der Waals surface area contributed by atoms with Crippen molar-refractivity contribution in [2.24, 2.45) is 0 Å². The summed E-state index contributed by atoms with van der Waals surface area (Å²) in [5.41, 5.74) is 5.96. The van der Waals surface area contributed by atoms with E-state index in [2.05, 4.69) is 66.7 Å². The van der Waals surface area contributed by atoms with Crippen LogP contribution >= 0.6 is 0 Å². The summed E-state index contributed by atoms with van der Waals surface area (Å²) in [6.07, 6.45) is 0.321. The molecule has 1 aliphatic heterocycles. The molecule has 2 heteroatoms. The van der Waals surface area contributed by atoms with Gasteiger partial charge in [-0.15, -0.1) is 0 Å². The molecule has 2 unspecified atom stereocenters. The summed E-state index contributed by atoms with van der Waals surface area (Å²) >= 11 is 0. The van der Waals surface area contributed by atoms with Gasteiger partial charge in [0.2, 0.25) is 0 Å². The van der Waals surface area contributed by atoms with Crippen molar-refractivity contribution in [3.63, 3.8) is 0 Å². The zero-order valence-corrected chi connectivity index (χ0v) is 12.4. The van der Waals surface area contributed by atoms with Gasteiger partial charge in [-0.1, -0.05) is 60.7 Å². The molecule has 2 aliphatic rings. The van der Waals surface area contributed by atoms with Crippen LogP contribution in [0.1, 0.15) is 23.5 Å². The van der Waals surface area contributed by atoms with Crippen molar-refractivity contribution in [1.29, 1.82) is 0 Å². The van der Waals surface area contributed by atoms with Gasteiger partial charge in [0, 0.05) is 16.3 Å². The van der Waals surface area contributed by atoms with Crippen LogP contribution in [0.4, 0.5) is 0 Å². The van der Waals surface area contributed by atoms with E-state index in [-0.39, 0.29) is 12.2 Å². The first kappa shape index (κ1) is 11.8. The number of aromatic nitrogens is 1. The van der Waals surface area contributed by atoms with Gasteiger partial charge >= 0.3 is 0 Å². The fourth-order valence-electron chi connectivity index (χ4n) is 3.90. The van der Waals surface area contributed by atoms with E-state index in [1.165, 1.54) is 32.8 Å². The molecule has 1 saturated heterocycles. The second-order valence-electron chi connectivity index (χ2n) is 6.34. The van der Waals surface area contributed by atoms with Crippen LogP contribution in [0, 0.1) is 0 Å². The van der Waals surface area contributed by atoms with Gasteiger partial charge in [0.05, 0.1) is 11.2 Å². The molecule has 23 heavy (non-hydrogen) atoms. The summed E-state index contributed by atoms with van der Waals surface area (Å²) < 4.78 is 5.93. The van der Waals surface area contributed by atoms with E-state index in [4.69, 9.17) is 9.72 Å². The highest BCUT2D eigenvalue weighted by atomic mass is 16.6. The molecule has 108 valence electrons. The fourth-order valence-corrected chi connectivity index (χ4v) is 3.90. The molecular weight excluding hydrogens is 282 g/mol. The molecule has 6 rings (SSSR count). The Hall–Kier alpha value is -2.71. The molecule has 2 atom stereocenters. The normalized spacial score (nSPS) is 20.9. The smallest absolute Gasteiger partial charge is 0.131 e. The Labute approximate surface area is 133 Å². The lowest BCUT2D eigenvalue weighted by Gasteiger charge is -2.17. The Morgan fingerprint density at radius 2 is 1.57 bits per heavy atom. The van der Waals surface area contributed by atoms with Crippen molar-refractivity contribution < 1.29 is 4.74 Å². The van der Waals surface area contributed by atoms with E-state index in [9.17, 15) is 0 Å². The summed E-state index contributed by atoms with van der Waals surface area (Å²) in [4.78, 5) is 5.04. The lowest BCUT2D eigenvalue weighted by atomic mass is 9.87. The number of ether oxygens (including phenoxy) is 1. The second-order valence-corrected chi connectivity index (χ2v) is 6.34. The van der Waals surface area contributed by atoms with Gasteiger partial charge in [-0.3, -0.25) is 0 Å². The largest absolute Gasteiger partial charge is 0.358 e. The van der Waals surface area contributed by atoms with Crippen molar-refractivity contribution in [1.82, 2.24) is 4.98 Å². The van der Waals surface area contributed by atoms with Crippen LogP contribution in [0.15, 0.2) is 66.7 Å². The van der Waals surface area contributed by atoms with Gasteiger partial charge in [-0.25, -0.2) is 4.98 Å². The molecule has 1 aliphatic carbocycles. The highest BCUT2D eigenvalue weighted by Gasteiger charge is 2.48. The number of benzene rings is 3. The number of hydrogen-bond acceptors (Lipinski definition) is 2. The second kappa shape index (κ2) is 3.98. The summed E-state index contributed by atoms with van der Waals surface area (Å²) in [5.74, 6) is 0. The lowest BCUT2D eigenvalue weighted by Crippen LogP contribution is -2.02. The molecule has 4 aromatic rings. The lowest BCUT2D eigenvalue weighted by molar-refractivity contribution is 0.378. The zero-order valence-electron chi connectivity index (χ0n) is 12.4. The Kier molecular flexibility index (Phi) is 2.04. The average molecular weight is 295 g/mol. The third kappa shape index (κ3) is 1.49. The topological polar surface area (TPSA) is 25.4 Å². The van der Waals surface area contributed by atoms with Crippen LogP contribution in [-0.2, 0) is 4.74 Å². The third-order valence-electron chi connectivity index (χ3n) is 5.06. The Morgan fingerprint density at radius 1 is 0.739 bits per heavy atom. The molecule has 0 saturated carbocycles. The van der Waals surface area contributed by atoms with Crippen molar-refractivity contribution in [3.8, 4) is 11.1 Å². The molecule has 0 bridgehead atoms. The maximum absolute atomic E-state index is 5.93. The van der Waals surface area contributed by atoms with Crippen LogP contribution < -0.4 is 0 Å². The predicted molar refractivity (Wildman–Crippen MR) is 91.3 cm³/mol. The SMILES string of the molecule is c1ccc2c(c1)-c1cc3ccc4ccccc4c3nc1C1OC21. The summed E-state index contributed by atoms with van der Waals surface area (Å²) in [6.45, 7) is 0. The maximum atomic E-state index is 5.93. The molecule has 0 radical (unpaired) electrons. The van der Waals surface area contributed by atoms with Gasteiger partial charge < -0.3 is 4.74 Å². The Morgan fingerprint density at radius 3 is 2.57 bits per heavy atom.